The molecular weight excluding hydrogens is 493 g/mol. The van der Waals surface area contributed by atoms with Crippen molar-refractivity contribution in [3.05, 3.63) is 64.9 Å². The Morgan fingerprint density at radius 2 is 1.71 bits per heavy atom. The second-order valence-corrected chi connectivity index (χ2v) is 10.8. The molecule has 192 valence electrons. The maximum Gasteiger partial charge on any atom is 0.242 e. The first-order valence-corrected chi connectivity index (χ1v) is 13.7. The number of anilines is 1. The van der Waals surface area contributed by atoms with Crippen LogP contribution in [-0.4, -0.2) is 50.0 Å². The largest absolute Gasteiger partial charge is 0.352 e. The summed E-state index contributed by atoms with van der Waals surface area (Å²) in [6, 6.07) is 11.4. The van der Waals surface area contributed by atoms with E-state index in [4.69, 9.17) is 11.6 Å². The zero-order valence-corrected chi connectivity index (χ0v) is 22.1. The van der Waals surface area contributed by atoms with Crippen molar-refractivity contribution in [1.82, 2.24) is 10.2 Å². The van der Waals surface area contributed by atoms with E-state index in [1.54, 1.807) is 31.2 Å². The molecule has 0 aliphatic rings. The first kappa shape index (κ1) is 28.6. The molecule has 1 N–H and O–H groups in total. The van der Waals surface area contributed by atoms with Crippen LogP contribution in [0.1, 0.15) is 45.6 Å². The molecule has 0 spiro atoms. The topological polar surface area (TPSA) is 86.8 Å². The van der Waals surface area contributed by atoms with Crippen molar-refractivity contribution in [2.24, 2.45) is 0 Å². The van der Waals surface area contributed by atoms with Gasteiger partial charge in [-0.3, -0.25) is 13.9 Å². The third kappa shape index (κ3) is 8.50. The van der Waals surface area contributed by atoms with Gasteiger partial charge < -0.3 is 10.2 Å². The Kier molecular flexibility index (Phi) is 10.5. The molecule has 2 aromatic rings. The second-order valence-electron chi connectivity index (χ2n) is 8.52. The van der Waals surface area contributed by atoms with Gasteiger partial charge in [-0.15, -0.1) is 0 Å². The molecule has 0 saturated carbocycles. The van der Waals surface area contributed by atoms with Crippen LogP contribution in [0.2, 0.25) is 5.02 Å². The van der Waals surface area contributed by atoms with Gasteiger partial charge in [-0.25, -0.2) is 12.8 Å². The number of carbonyl (C=O) groups excluding carboxylic acids is 2. The lowest BCUT2D eigenvalue weighted by Gasteiger charge is -2.30. The summed E-state index contributed by atoms with van der Waals surface area (Å²) in [5, 5.41) is 3.39. The van der Waals surface area contributed by atoms with E-state index < -0.39 is 21.9 Å². The molecule has 7 nitrogen and oxygen atoms in total. The maximum absolute atomic E-state index is 13.3. The van der Waals surface area contributed by atoms with E-state index in [2.05, 4.69) is 5.32 Å². The molecule has 2 aromatic carbocycles. The molecule has 0 aromatic heterocycles. The molecule has 2 amide bonds. The van der Waals surface area contributed by atoms with Gasteiger partial charge in [0.25, 0.3) is 0 Å². The summed E-state index contributed by atoms with van der Waals surface area (Å²) >= 11 is 6.30. The van der Waals surface area contributed by atoms with Crippen LogP contribution in [0.5, 0.6) is 0 Å². The molecule has 35 heavy (non-hydrogen) atoms. The Morgan fingerprint density at radius 3 is 2.29 bits per heavy atom. The number of hydrogen-bond acceptors (Lipinski definition) is 4. The molecule has 0 bridgehead atoms. The minimum Gasteiger partial charge on any atom is -0.352 e. The molecule has 2 rings (SSSR count). The first-order valence-electron chi connectivity index (χ1n) is 11.5. The van der Waals surface area contributed by atoms with Crippen LogP contribution in [0, 0.1) is 5.82 Å². The normalized spacial score (nSPS) is 13.1. The molecule has 0 fully saturated rings. The van der Waals surface area contributed by atoms with E-state index >= 15 is 0 Å². The van der Waals surface area contributed by atoms with E-state index in [0.29, 0.717) is 16.3 Å². The number of benzene rings is 2. The molecule has 2 unspecified atom stereocenters. The Balaban J connectivity index is 2.18. The van der Waals surface area contributed by atoms with E-state index in [-0.39, 0.29) is 43.8 Å². The van der Waals surface area contributed by atoms with Gasteiger partial charge in [0, 0.05) is 30.6 Å². The quantitative estimate of drug-likeness (QED) is 0.446. The monoisotopic (exact) mass is 525 g/mol. The molecule has 0 aliphatic carbocycles. The maximum atomic E-state index is 13.3. The minimum atomic E-state index is -3.64. The van der Waals surface area contributed by atoms with Crippen LogP contribution in [0.15, 0.2) is 48.5 Å². The summed E-state index contributed by atoms with van der Waals surface area (Å²) in [4.78, 5) is 27.5. The van der Waals surface area contributed by atoms with E-state index in [0.717, 1.165) is 17.0 Å². The van der Waals surface area contributed by atoms with Crippen LogP contribution >= 0.6 is 11.6 Å². The second kappa shape index (κ2) is 12.9. The van der Waals surface area contributed by atoms with Crippen LogP contribution in [0.4, 0.5) is 10.1 Å². The standard InChI is InChI=1S/C25H33ClFN3O4S/c1-5-18(2)28-25(32)19(3)29(17-20-9-6-7-10-23(20)26)24(31)11-8-16-30(35(4,33)34)22-14-12-21(27)13-15-22/h6-7,9-10,12-15,18-19H,5,8,11,16-17H2,1-4H3,(H,28,32). The van der Waals surface area contributed by atoms with Gasteiger partial charge in [-0.2, -0.15) is 0 Å². The number of nitrogens with zero attached hydrogens (tertiary/aromatic N) is 2. The SMILES string of the molecule is CCC(C)NC(=O)C(C)N(Cc1ccccc1Cl)C(=O)CCCN(c1ccc(F)cc1)S(C)(=O)=O. The molecule has 10 heteroatoms. The van der Waals surface area contributed by atoms with E-state index in [1.165, 1.54) is 29.2 Å². The van der Waals surface area contributed by atoms with Gasteiger partial charge in [0.15, 0.2) is 0 Å². The van der Waals surface area contributed by atoms with Crippen LogP contribution in [0.25, 0.3) is 0 Å². The highest BCUT2D eigenvalue weighted by Gasteiger charge is 2.27. The Bertz CT molecular complexity index is 1110. The number of hydrogen-bond donors (Lipinski definition) is 1. The highest BCUT2D eigenvalue weighted by molar-refractivity contribution is 7.92. The zero-order chi connectivity index (χ0) is 26.2. The lowest BCUT2D eigenvalue weighted by Crippen LogP contribution is -2.49. The zero-order valence-electron chi connectivity index (χ0n) is 20.5. The Morgan fingerprint density at radius 1 is 1.09 bits per heavy atom. The van der Waals surface area contributed by atoms with Crippen LogP contribution in [0.3, 0.4) is 0 Å². The fourth-order valence-electron chi connectivity index (χ4n) is 3.47. The molecule has 0 saturated heterocycles. The summed E-state index contributed by atoms with van der Waals surface area (Å²) in [5.41, 5.74) is 1.02. The van der Waals surface area contributed by atoms with E-state index in [9.17, 15) is 22.4 Å². The number of amides is 2. The van der Waals surface area contributed by atoms with Gasteiger partial charge in [-0.1, -0.05) is 36.7 Å². The van der Waals surface area contributed by atoms with Crippen molar-refractivity contribution in [1.29, 1.82) is 0 Å². The first-order chi connectivity index (χ1) is 16.4. The predicted molar refractivity (Wildman–Crippen MR) is 137 cm³/mol. The molecule has 0 radical (unpaired) electrons. The van der Waals surface area contributed by atoms with Gasteiger partial charge in [-0.05, 0) is 62.6 Å². The fourth-order valence-corrected chi connectivity index (χ4v) is 4.63. The lowest BCUT2D eigenvalue weighted by atomic mass is 10.1. The Labute approximate surface area is 212 Å². The van der Waals surface area contributed by atoms with Gasteiger partial charge in [0.05, 0.1) is 11.9 Å². The summed E-state index contributed by atoms with van der Waals surface area (Å²) < 4.78 is 39.0. The number of rotatable bonds is 12. The fraction of sp³-hybridized carbons (Fsp3) is 0.440. The van der Waals surface area contributed by atoms with Crippen molar-refractivity contribution in [3.63, 3.8) is 0 Å². The van der Waals surface area contributed by atoms with Gasteiger partial charge in [0.2, 0.25) is 21.8 Å². The highest BCUT2D eigenvalue weighted by atomic mass is 35.5. The van der Waals surface area contributed by atoms with Gasteiger partial charge >= 0.3 is 0 Å². The number of halogens is 2. The van der Waals surface area contributed by atoms with Crippen LogP contribution < -0.4 is 9.62 Å². The average Bonchev–Trinajstić information content (AvgIpc) is 2.80. The highest BCUT2D eigenvalue weighted by Crippen LogP contribution is 2.21. The third-order valence-electron chi connectivity index (χ3n) is 5.73. The molecule has 0 heterocycles. The summed E-state index contributed by atoms with van der Waals surface area (Å²) in [6.45, 7) is 5.68. The smallest absolute Gasteiger partial charge is 0.242 e. The van der Waals surface area contributed by atoms with Crippen LogP contribution in [-0.2, 0) is 26.2 Å². The van der Waals surface area contributed by atoms with Gasteiger partial charge in [0.1, 0.15) is 11.9 Å². The van der Waals surface area contributed by atoms with E-state index in [1.807, 2.05) is 13.8 Å². The summed E-state index contributed by atoms with van der Waals surface area (Å²) in [5.74, 6) is -1.05. The number of nitrogens with one attached hydrogen (secondary N) is 1. The minimum absolute atomic E-state index is 0.0125. The molecular formula is C25H33ClFN3O4S. The summed E-state index contributed by atoms with van der Waals surface area (Å²) in [6.07, 6.45) is 2.03. The number of carbonyl (C=O) groups is 2. The van der Waals surface area contributed by atoms with Crippen molar-refractivity contribution < 1.29 is 22.4 Å². The third-order valence-corrected chi connectivity index (χ3v) is 7.30. The summed E-state index contributed by atoms with van der Waals surface area (Å²) in [7, 11) is -3.64. The number of sulfonamides is 1. The van der Waals surface area contributed by atoms with Crippen molar-refractivity contribution >= 4 is 39.1 Å². The molecule has 2 atom stereocenters. The van der Waals surface area contributed by atoms with Crippen molar-refractivity contribution in [2.45, 2.75) is 58.7 Å². The lowest BCUT2D eigenvalue weighted by molar-refractivity contribution is -0.140. The average molecular weight is 526 g/mol. The van der Waals surface area contributed by atoms with Crippen molar-refractivity contribution in [3.8, 4) is 0 Å². The Hall–Kier alpha value is -2.65. The predicted octanol–water partition coefficient (Wildman–Crippen LogP) is 4.36. The molecule has 0 aliphatic heterocycles. The van der Waals surface area contributed by atoms with Crippen molar-refractivity contribution in [2.75, 3.05) is 17.1 Å².